The molecule has 2 aromatic rings. The number of hydrogen-bond donors (Lipinski definition) is 1. The van der Waals surface area contributed by atoms with Gasteiger partial charge in [-0.15, -0.1) is 0 Å². The predicted octanol–water partition coefficient (Wildman–Crippen LogP) is 3.51. The molecule has 0 radical (unpaired) electrons. The van der Waals surface area contributed by atoms with E-state index in [1.165, 1.54) is 6.20 Å². The number of carbonyl (C=O) groups is 3. The van der Waals surface area contributed by atoms with Crippen LogP contribution in [0.1, 0.15) is 72.9 Å². The van der Waals surface area contributed by atoms with Crippen LogP contribution in [0.15, 0.2) is 30.5 Å². The number of likely N-dealkylation sites (tertiary alicyclic amines) is 1. The molecule has 0 spiro atoms. The van der Waals surface area contributed by atoms with Gasteiger partial charge in [0, 0.05) is 24.7 Å². The highest BCUT2D eigenvalue weighted by Crippen LogP contribution is 2.21. The molecule has 0 unspecified atom stereocenters. The van der Waals surface area contributed by atoms with Crippen LogP contribution in [0, 0.1) is 12.8 Å². The standard InChI is InChI=1S/C25H34N4O4/c1-5-8-17(3)27-23(30)20-9-7-14-28(16-20)24(31)19-10-12-21(13-11-19)29-18(4)22(15-26-29)25(32)33-6-2/h10-13,15,17,20H,5-9,14,16H2,1-4H3,(H,27,30)/t17-,20-/m0/s1. The minimum absolute atomic E-state index is 0.0374. The first kappa shape index (κ1) is 24.5. The molecule has 1 aromatic heterocycles. The third-order valence-electron chi connectivity index (χ3n) is 6.05. The van der Waals surface area contributed by atoms with Crippen LogP contribution in [0.2, 0.25) is 0 Å². The Labute approximate surface area is 195 Å². The van der Waals surface area contributed by atoms with Gasteiger partial charge in [-0.25, -0.2) is 9.48 Å². The van der Waals surface area contributed by atoms with Crippen molar-refractivity contribution in [1.29, 1.82) is 0 Å². The van der Waals surface area contributed by atoms with Crippen LogP contribution in [0.25, 0.3) is 5.69 Å². The molecule has 8 heteroatoms. The smallest absolute Gasteiger partial charge is 0.341 e. The summed E-state index contributed by atoms with van der Waals surface area (Å²) in [6.07, 6.45) is 5.08. The van der Waals surface area contributed by atoms with Crippen LogP contribution in [-0.2, 0) is 9.53 Å². The highest BCUT2D eigenvalue weighted by Gasteiger charge is 2.29. The zero-order valence-electron chi connectivity index (χ0n) is 20.0. The average molecular weight is 455 g/mol. The number of nitrogens with one attached hydrogen (secondary N) is 1. The molecule has 178 valence electrons. The highest BCUT2D eigenvalue weighted by atomic mass is 16.5. The first-order valence-electron chi connectivity index (χ1n) is 11.8. The Morgan fingerprint density at radius 2 is 1.94 bits per heavy atom. The van der Waals surface area contributed by atoms with Gasteiger partial charge in [-0.05, 0) is 64.3 Å². The lowest BCUT2D eigenvalue weighted by molar-refractivity contribution is -0.127. The quantitative estimate of drug-likeness (QED) is 0.616. The van der Waals surface area contributed by atoms with E-state index in [1.54, 1.807) is 35.6 Å². The van der Waals surface area contributed by atoms with E-state index in [0.29, 0.717) is 36.5 Å². The summed E-state index contributed by atoms with van der Waals surface area (Å²) in [6, 6.07) is 7.29. The Kier molecular flexibility index (Phi) is 8.25. The van der Waals surface area contributed by atoms with Crippen molar-refractivity contribution < 1.29 is 19.1 Å². The highest BCUT2D eigenvalue weighted by molar-refractivity contribution is 5.95. The molecule has 0 aliphatic carbocycles. The van der Waals surface area contributed by atoms with E-state index >= 15 is 0 Å². The molecule has 33 heavy (non-hydrogen) atoms. The Morgan fingerprint density at radius 1 is 1.21 bits per heavy atom. The molecule has 2 amide bonds. The lowest BCUT2D eigenvalue weighted by atomic mass is 9.96. The molecular formula is C25H34N4O4. The van der Waals surface area contributed by atoms with Crippen LogP contribution < -0.4 is 5.32 Å². The fourth-order valence-electron chi connectivity index (χ4n) is 4.25. The number of hydrogen-bond acceptors (Lipinski definition) is 5. The Balaban J connectivity index is 1.67. The molecule has 1 N–H and O–H groups in total. The molecule has 0 saturated carbocycles. The van der Waals surface area contributed by atoms with Crippen molar-refractivity contribution in [1.82, 2.24) is 20.0 Å². The third kappa shape index (κ3) is 5.80. The fourth-order valence-corrected chi connectivity index (χ4v) is 4.25. The maximum Gasteiger partial charge on any atom is 0.341 e. The number of aromatic nitrogens is 2. The van der Waals surface area contributed by atoms with E-state index in [2.05, 4.69) is 17.3 Å². The topological polar surface area (TPSA) is 93.5 Å². The molecule has 0 bridgehead atoms. The van der Waals surface area contributed by atoms with Crippen molar-refractivity contribution in [3.63, 3.8) is 0 Å². The predicted molar refractivity (Wildman–Crippen MR) is 125 cm³/mol. The first-order chi connectivity index (χ1) is 15.8. The number of nitrogens with zero attached hydrogens (tertiary/aromatic N) is 3. The SMILES string of the molecule is CCC[C@H](C)NC(=O)[C@H]1CCCN(C(=O)c2ccc(-n3ncc(C(=O)OCC)c3C)cc2)C1. The Hall–Kier alpha value is -3.16. The van der Waals surface area contributed by atoms with Crippen LogP contribution in [-0.4, -0.2) is 58.2 Å². The van der Waals surface area contributed by atoms with Crippen LogP contribution in [0.3, 0.4) is 0 Å². The van der Waals surface area contributed by atoms with E-state index < -0.39 is 5.97 Å². The summed E-state index contributed by atoms with van der Waals surface area (Å²) in [5.41, 5.74) is 2.41. The third-order valence-corrected chi connectivity index (χ3v) is 6.05. The number of carbonyl (C=O) groups excluding carboxylic acids is 3. The molecule has 1 aliphatic heterocycles. The lowest BCUT2D eigenvalue weighted by Crippen LogP contribution is -2.47. The second kappa shape index (κ2) is 11.1. The van der Waals surface area contributed by atoms with Gasteiger partial charge in [0.05, 0.1) is 30.1 Å². The summed E-state index contributed by atoms with van der Waals surface area (Å²) in [5.74, 6) is -0.615. The van der Waals surface area contributed by atoms with Gasteiger partial charge in [-0.3, -0.25) is 9.59 Å². The maximum atomic E-state index is 13.1. The van der Waals surface area contributed by atoms with Crippen molar-refractivity contribution >= 4 is 17.8 Å². The number of benzene rings is 1. The lowest BCUT2D eigenvalue weighted by Gasteiger charge is -2.32. The number of piperidine rings is 1. The minimum atomic E-state index is -0.402. The van der Waals surface area contributed by atoms with E-state index in [1.807, 2.05) is 19.1 Å². The summed E-state index contributed by atoms with van der Waals surface area (Å²) in [7, 11) is 0. The van der Waals surface area contributed by atoms with Crippen molar-refractivity contribution in [3.05, 3.63) is 47.3 Å². The number of ether oxygens (including phenoxy) is 1. The zero-order chi connectivity index (χ0) is 24.0. The van der Waals surface area contributed by atoms with Gasteiger partial charge in [0.25, 0.3) is 5.91 Å². The second-order valence-corrected chi connectivity index (χ2v) is 8.61. The molecule has 2 atom stereocenters. The van der Waals surface area contributed by atoms with Gasteiger partial charge >= 0.3 is 5.97 Å². The maximum absolute atomic E-state index is 13.1. The molecule has 1 saturated heterocycles. The van der Waals surface area contributed by atoms with Gasteiger partial charge in [-0.2, -0.15) is 5.10 Å². The molecular weight excluding hydrogens is 420 g/mol. The summed E-state index contributed by atoms with van der Waals surface area (Å²) >= 11 is 0. The van der Waals surface area contributed by atoms with Gasteiger partial charge in [-0.1, -0.05) is 13.3 Å². The molecule has 8 nitrogen and oxygen atoms in total. The van der Waals surface area contributed by atoms with Crippen molar-refractivity contribution in [2.75, 3.05) is 19.7 Å². The van der Waals surface area contributed by atoms with Crippen LogP contribution in [0.5, 0.6) is 0 Å². The van der Waals surface area contributed by atoms with E-state index in [-0.39, 0.29) is 23.8 Å². The van der Waals surface area contributed by atoms with Gasteiger partial charge in [0.2, 0.25) is 5.91 Å². The summed E-state index contributed by atoms with van der Waals surface area (Å²) in [5, 5.41) is 7.37. The summed E-state index contributed by atoms with van der Waals surface area (Å²) in [4.78, 5) is 39.5. The second-order valence-electron chi connectivity index (χ2n) is 8.61. The van der Waals surface area contributed by atoms with Gasteiger partial charge in [0.1, 0.15) is 5.56 Å². The normalized spacial score (nSPS) is 16.8. The zero-order valence-corrected chi connectivity index (χ0v) is 20.0. The largest absolute Gasteiger partial charge is 0.462 e. The van der Waals surface area contributed by atoms with Crippen LogP contribution >= 0.6 is 0 Å². The number of rotatable bonds is 8. The summed E-state index contributed by atoms with van der Waals surface area (Å²) in [6.45, 7) is 9.07. The van der Waals surface area contributed by atoms with Crippen molar-refractivity contribution in [2.45, 2.75) is 59.4 Å². The van der Waals surface area contributed by atoms with Crippen LogP contribution in [0.4, 0.5) is 0 Å². The van der Waals surface area contributed by atoms with E-state index in [4.69, 9.17) is 4.74 Å². The summed E-state index contributed by atoms with van der Waals surface area (Å²) < 4.78 is 6.72. The van der Waals surface area contributed by atoms with Gasteiger partial charge < -0.3 is 15.0 Å². The molecule has 1 fully saturated rings. The number of amides is 2. The average Bonchev–Trinajstić information content (AvgIpc) is 3.20. The van der Waals surface area contributed by atoms with E-state index in [9.17, 15) is 14.4 Å². The minimum Gasteiger partial charge on any atom is -0.462 e. The van der Waals surface area contributed by atoms with Crippen molar-refractivity contribution in [3.8, 4) is 5.69 Å². The molecule has 2 heterocycles. The van der Waals surface area contributed by atoms with Gasteiger partial charge in [0.15, 0.2) is 0 Å². The number of esters is 1. The Morgan fingerprint density at radius 3 is 2.61 bits per heavy atom. The first-order valence-corrected chi connectivity index (χ1v) is 11.8. The monoisotopic (exact) mass is 454 g/mol. The molecule has 3 rings (SSSR count). The molecule has 1 aromatic carbocycles. The van der Waals surface area contributed by atoms with E-state index in [0.717, 1.165) is 31.4 Å². The van der Waals surface area contributed by atoms with Crippen molar-refractivity contribution in [2.24, 2.45) is 5.92 Å². The Bertz CT molecular complexity index is 983. The fraction of sp³-hybridized carbons (Fsp3) is 0.520. The molecule has 1 aliphatic rings.